The third kappa shape index (κ3) is 2.87. The van der Waals surface area contributed by atoms with Gasteiger partial charge in [0.1, 0.15) is 0 Å². The molecular formula is C13H17N3O4. The molecule has 1 aromatic heterocycles. The number of nitro groups is 1. The normalized spacial score (nSPS) is 17.8. The van der Waals surface area contributed by atoms with E-state index in [9.17, 15) is 14.9 Å². The highest BCUT2D eigenvalue weighted by Gasteiger charge is 2.31. The van der Waals surface area contributed by atoms with E-state index in [0.29, 0.717) is 13.1 Å². The van der Waals surface area contributed by atoms with Crippen molar-refractivity contribution in [1.29, 1.82) is 0 Å². The minimum Gasteiger partial charge on any atom is -0.477 e. The fourth-order valence-corrected chi connectivity index (χ4v) is 2.54. The minimum atomic E-state index is -1.18. The van der Waals surface area contributed by atoms with E-state index in [1.165, 1.54) is 12.1 Å². The zero-order chi connectivity index (χ0) is 14.9. The van der Waals surface area contributed by atoms with Gasteiger partial charge in [-0.15, -0.1) is 0 Å². The van der Waals surface area contributed by atoms with Gasteiger partial charge in [-0.05, 0) is 24.3 Å². The molecule has 0 aromatic carbocycles. The zero-order valence-corrected chi connectivity index (χ0v) is 11.5. The maximum atomic E-state index is 11.1. The molecule has 2 rings (SSSR count). The van der Waals surface area contributed by atoms with Crippen molar-refractivity contribution >= 4 is 17.5 Å². The van der Waals surface area contributed by atoms with Crippen LogP contribution in [0.3, 0.4) is 0 Å². The van der Waals surface area contributed by atoms with E-state index >= 15 is 0 Å². The SMILES string of the molecule is CC1(C)CCCN(c2nc(C(=O)O)ccc2[N+](=O)[O-])C1. The lowest BCUT2D eigenvalue weighted by Gasteiger charge is -2.38. The predicted molar refractivity (Wildman–Crippen MR) is 73.1 cm³/mol. The Kier molecular flexibility index (Phi) is 3.61. The number of hydrogen-bond donors (Lipinski definition) is 1. The lowest BCUT2D eigenvalue weighted by Crippen LogP contribution is -2.41. The van der Waals surface area contributed by atoms with Crippen molar-refractivity contribution in [3.8, 4) is 0 Å². The molecule has 2 heterocycles. The Morgan fingerprint density at radius 3 is 2.75 bits per heavy atom. The molecule has 1 N–H and O–H groups in total. The van der Waals surface area contributed by atoms with Crippen molar-refractivity contribution in [1.82, 2.24) is 4.98 Å². The molecule has 7 nitrogen and oxygen atoms in total. The Morgan fingerprint density at radius 2 is 2.20 bits per heavy atom. The molecule has 0 unspecified atom stereocenters. The van der Waals surface area contributed by atoms with Crippen molar-refractivity contribution in [2.24, 2.45) is 5.41 Å². The zero-order valence-electron chi connectivity index (χ0n) is 11.5. The Hall–Kier alpha value is -2.18. The highest BCUT2D eigenvalue weighted by atomic mass is 16.6. The molecule has 0 amide bonds. The van der Waals surface area contributed by atoms with Crippen LogP contribution in [0.5, 0.6) is 0 Å². The van der Waals surface area contributed by atoms with Crippen molar-refractivity contribution < 1.29 is 14.8 Å². The molecule has 0 radical (unpaired) electrons. The van der Waals surface area contributed by atoms with Crippen molar-refractivity contribution in [3.05, 3.63) is 27.9 Å². The molecule has 7 heteroatoms. The molecule has 0 saturated carbocycles. The van der Waals surface area contributed by atoms with Gasteiger partial charge in [-0.3, -0.25) is 10.1 Å². The summed E-state index contributed by atoms with van der Waals surface area (Å²) in [7, 11) is 0. The number of piperidine rings is 1. The molecule has 1 aliphatic heterocycles. The molecule has 0 spiro atoms. The van der Waals surface area contributed by atoms with Crippen LogP contribution in [-0.2, 0) is 0 Å². The minimum absolute atomic E-state index is 0.0347. The van der Waals surface area contributed by atoms with Gasteiger partial charge in [0.2, 0.25) is 5.82 Å². The second kappa shape index (κ2) is 5.07. The number of carboxylic acids is 1. The second-order valence-corrected chi connectivity index (χ2v) is 5.79. The monoisotopic (exact) mass is 279 g/mol. The third-order valence-corrected chi connectivity index (χ3v) is 3.47. The highest BCUT2D eigenvalue weighted by molar-refractivity contribution is 5.86. The summed E-state index contributed by atoms with van der Waals surface area (Å²) in [6, 6.07) is 2.38. The van der Waals surface area contributed by atoms with E-state index in [2.05, 4.69) is 18.8 Å². The van der Waals surface area contributed by atoms with E-state index in [4.69, 9.17) is 5.11 Å². The Labute approximate surface area is 116 Å². The number of hydrogen-bond acceptors (Lipinski definition) is 5. The summed E-state index contributed by atoms with van der Waals surface area (Å²) in [6.45, 7) is 5.46. The van der Waals surface area contributed by atoms with Gasteiger partial charge in [-0.25, -0.2) is 9.78 Å². The third-order valence-electron chi connectivity index (χ3n) is 3.47. The van der Waals surface area contributed by atoms with Crippen LogP contribution in [0.1, 0.15) is 37.2 Å². The van der Waals surface area contributed by atoms with Gasteiger partial charge in [-0.1, -0.05) is 13.8 Å². The van der Waals surface area contributed by atoms with Gasteiger partial charge in [0, 0.05) is 19.2 Å². The van der Waals surface area contributed by atoms with Crippen LogP contribution in [-0.4, -0.2) is 34.1 Å². The van der Waals surface area contributed by atoms with Crippen LogP contribution in [0.15, 0.2) is 12.1 Å². The van der Waals surface area contributed by atoms with Gasteiger partial charge >= 0.3 is 11.7 Å². The molecule has 0 aliphatic carbocycles. The van der Waals surface area contributed by atoms with Crippen LogP contribution in [0.4, 0.5) is 11.5 Å². The summed E-state index contributed by atoms with van der Waals surface area (Å²) in [6.07, 6.45) is 1.94. The van der Waals surface area contributed by atoms with Crippen LogP contribution in [0.2, 0.25) is 0 Å². The molecule has 1 aromatic rings. The molecule has 0 bridgehead atoms. The van der Waals surface area contributed by atoms with Crippen LogP contribution >= 0.6 is 0 Å². The van der Waals surface area contributed by atoms with E-state index in [1.54, 1.807) is 0 Å². The van der Waals surface area contributed by atoms with Crippen molar-refractivity contribution in [2.75, 3.05) is 18.0 Å². The fourth-order valence-electron chi connectivity index (χ4n) is 2.54. The predicted octanol–water partition coefficient (Wildman–Crippen LogP) is 2.31. The molecular weight excluding hydrogens is 262 g/mol. The smallest absolute Gasteiger partial charge is 0.354 e. The van der Waals surface area contributed by atoms with Crippen LogP contribution in [0, 0.1) is 15.5 Å². The van der Waals surface area contributed by atoms with E-state index in [0.717, 1.165) is 12.8 Å². The summed E-state index contributed by atoms with van der Waals surface area (Å²) < 4.78 is 0. The number of rotatable bonds is 3. The topological polar surface area (TPSA) is 96.6 Å². The number of pyridine rings is 1. The van der Waals surface area contributed by atoms with Gasteiger partial charge in [-0.2, -0.15) is 0 Å². The maximum Gasteiger partial charge on any atom is 0.354 e. The first-order valence-electron chi connectivity index (χ1n) is 6.44. The van der Waals surface area contributed by atoms with Crippen LogP contribution < -0.4 is 4.90 Å². The summed E-state index contributed by atoms with van der Waals surface area (Å²) in [5, 5.41) is 20.1. The van der Waals surface area contributed by atoms with E-state index < -0.39 is 10.9 Å². The standard InChI is InChI=1S/C13H17N3O4/c1-13(2)6-3-7-15(8-13)11-10(16(19)20)5-4-9(14-11)12(17)18/h4-5H,3,6-8H2,1-2H3,(H,17,18). The number of nitrogens with zero attached hydrogens (tertiary/aromatic N) is 3. The molecule has 108 valence electrons. The average molecular weight is 279 g/mol. The van der Waals surface area contributed by atoms with E-state index in [-0.39, 0.29) is 22.6 Å². The Morgan fingerprint density at radius 1 is 1.50 bits per heavy atom. The van der Waals surface area contributed by atoms with Crippen molar-refractivity contribution in [2.45, 2.75) is 26.7 Å². The summed E-state index contributed by atoms with van der Waals surface area (Å²) in [4.78, 5) is 27.4. The number of anilines is 1. The van der Waals surface area contributed by atoms with E-state index in [1.807, 2.05) is 4.90 Å². The average Bonchev–Trinajstić information content (AvgIpc) is 2.36. The number of aromatic nitrogens is 1. The number of aromatic carboxylic acids is 1. The van der Waals surface area contributed by atoms with Crippen molar-refractivity contribution in [3.63, 3.8) is 0 Å². The first-order chi connectivity index (χ1) is 9.30. The number of carbonyl (C=O) groups is 1. The molecule has 1 saturated heterocycles. The maximum absolute atomic E-state index is 11.1. The van der Waals surface area contributed by atoms with Gasteiger partial charge in [0.15, 0.2) is 5.69 Å². The molecule has 0 atom stereocenters. The van der Waals surface area contributed by atoms with Crippen LogP contribution in [0.25, 0.3) is 0 Å². The summed E-state index contributed by atoms with van der Waals surface area (Å²) >= 11 is 0. The Balaban J connectivity index is 2.44. The first kappa shape index (κ1) is 14.2. The Bertz CT molecular complexity index is 557. The first-order valence-corrected chi connectivity index (χ1v) is 6.44. The lowest BCUT2D eigenvalue weighted by molar-refractivity contribution is -0.384. The molecule has 20 heavy (non-hydrogen) atoms. The lowest BCUT2D eigenvalue weighted by atomic mass is 9.84. The molecule has 1 aliphatic rings. The molecule has 1 fully saturated rings. The summed E-state index contributed by atoms with van der Waals surface area (Å²) in [5.41, 5.74) is -0.283. The highest BCUT2D eigenvalue weighted by Crippen LogP contribution is 2.34. The largest absolute Gasteiger partial charge is 0.477 e. The second-order valence-electron chi connectivity index (χ2n) is 5.79. The van der Waals surface area contributed by atoms with Gasteiger partial charge < -0.3 is 10.0 Å². The summed E-state index contributed by atoms with van der Waals surface area (Å²) in [5.74, 6) is -1.03. The number of carboxylic acid groups (broad SMARTS) is 1. The fraction of sp³-hybridized carbons (Fsp3) is 0.538. The van der Waals surface area contributed by atoms with Gasteiger partial charge in [0.05, 0.1) is 4.92 Å². The quantitative estimate of drug-likeness (QED) is 0.673. The van der Waals surface area contributed by atoms with Gasteiger partial charge in [0.25, 0.3) is 0 Å².